The Morgan fingerprint density at radius 2 is 1.71 bits per heavy atom. The van der Waals surface area contributed by atoms with Crippen molar-refractivity contribution in [2.24, 2.45) is 5.92 Å². The number of aromatic nitrogens is 3. The van der Waals surface area contributed by atoms with Crippen LogP contribution in [0.2, 0.25) is 0 Å². The van der Waals surface area contributed by atoms with Gasteiger partial charge in [0.1, 0.15) is 11.4 Å². The van der Waals surface area contributed by atoms with Crippen molar-refractivity contribution in [2.75, 3.05) is 25.0 Å². The van der Waals surface area contributed by atoms with Crippen LogP contribution >= 0.6 is 0 Å². The highest BCUT2D eigenvalue weighted by Gasteiger charge is 2.35. The van der Waals surface area contributed by atoms with Crippen molar-refractivity contribution in [1.29, 1.82) is 0 Å². The zero-order chi connectivity index (χ0) is 25.8. The average Bonchev–Trinajstić information content (AvgIpc) is 3.37. The fourth-order valence-electron chi connectivity index (χ4n) is 6.13. The van der Waals surface area contributed by atoms with E-state index in [1.54, 1.807) is 6.92 Å². The van der Waals surface area contributed by atoms with Crippen LogP contribution in [0.1, 0.15) is 30.1 Å². The lowest BCUT2D eigenvalue weighted by molar-refractivity contribution is 0.0976. The molecule has 8 rings (SSSR count). The molecule has 5 heterocycles. The number of Topliss-reactive ketones (excluding diaryl/α,β-unsaturated/α-hetero) is 1. The van der Waals surface area contributed by atoms with Crippen molar-refractivity contribution >= 4 is 33.4 Å². The first-order valence-corrected chi connectivity index (χ1v) is 13.3. The van der Waals surface area contributed by atoms with Gasteiger partial charge in [0.2, 0.25) is 0 Å². The Morgan fingerprint density at radius 3 is 2.42 bits per heavy atom. The smallest absolute Gasteiger partial charge is 0.261 e. The van der Waals surface area contributed by atoms with Gasteiger partial charge in [0.25, 0.3) is 5.56 Å². The fourth-order valence-corrected chi connectivity index (χ4v) is 6.13. The number of H-pyrrole nitrogens is 2. The number of carbonyl (C=O) groups excluding carboxylic acids is 1. The number of rotatable bonds is 5. The molecule has 3 aliphatic rings. The second-order valence-electron chi connectivity index (χ2n) is 10.6. The molecule has 3 fully saturated rings. The van der Waals surface area contributed by atoms with E-state index in [-0.39, 0.29) is 17.4 Å². The van der Waals surface area contributed by atoms with Gasteiger partial charge in [0.05, 0.1) is 22.2 Å². The molecule has 7 nitrogen and oxygen atoms in total. The number of pyridine rings is 1. The third kappa shape index (κ3) is 3.90. The topological polar surface area (TPSA) is 93.9 Å². The molecule has 5 aromatic rings. The summed E-state index contributed by atoms with van der Waals surface area (Å²) in [6.07, 6.45) is 2.35. The summed E-state index contributed by atoms with van der Waals surface area (Å²) in [5.74, 6) is 1.20. The van der Waals surface area contributed by atoms with E-state index in [1.165, 1.54) is 12.8 Å². The highest BCUT2D eigenvalue weighted by molar-refractivity contribution is 6.01. The van der Waals surface area contributed by atoms with Gasteiger partial charge in [0, 0.05) is 23.5 Å². The SMILES string of the molecule is CC(=O)c1ccc(-c2ccc3[nH]c(=O)c(-c4nc5ccccc5[nH]4)c(N[C@H]4CN5CCC4CC5)c3c2)cc1. The Morgan fingerprint density at radius 1 is 0.947 bits per heavy atom. The van der Waals surface area contributed by atoms with Crippen LogP contribution in [0.25, 0.3) is 44.5 Å². The lowest BCUT2D eigenvalue weighted by atomic mass is 9.83. The first-order chi connectivity index (χ1) is 18.5. The van der Waals surface area contributed by atoms with Crippen LogP contribution in [0.4, 0.5) is 5.69 Å². The van der Waals surface area contributed by atoms with Crippen LogP contribution < -0.4 is 10.9 Å². The Kier molecular flexibility index (Phi) is 5.40. The maximum Gasteiger partial charge on any atom is 0.261 e. The van der Waals surface area contributed by atoms with Crippen LogP contribution in [0.5, 0.6) is 0 Å². The summed E-state index contributed by atoms with van der Waals surface area (Å²) in [5.41, 5.74) is 6.43. The van der Waals surface area contributed by atoms with Crippen LogP contribution in [0.3, 0.4) is 0 Å². The summed E-state index contributed by atoms with van der Waals surface area (Å²) in [7, 11) is 0. The van der Waals surface area contributed by atoms with Crippen LogP contribution in [0, 0.1) is 5.92 Å². The standard InChI is InChI=1S/C31H29N5O2/c1-18(37)19-6-8-20(9-7-19)22-10-11-24-23(16-22)29(32-27-17-36-14-12-21(27)13-15-36)28(31(38)35-24)30-33-25-4-2-3-5-26(25)34-30/h2-11,16,21,27H,12-15,17H2,1H3,(H,33,34)(H2,32,35,38)/t27-/m0/s1. The summed E-state index contributed by atoms with van der Waals surface area (Å²) in [6, 6.07) is 21.9. The number of nitrogens with zero attached hydrogens (tertiary/aromatic N) is 2. The number of para-hydroxylation sites is 2. The van der Waals surface area contributed by atoms with E-state index >= 15 is 0 Å². The predicted molar refractivity (Wildman–Crippen MR) is 152 cm³/mol. The minimum absolute atomic E-state index is 0.0483. The van der Waals surface area contributed by atoms with Gasteiger partial charge in [-0.2, -0.15) is 0 Å². The highest BCUT2D eigenvalue weighted by Crippen LogP contribution is 2.37. The van der Waals surface area contributed by atoms with E-state index in [4.69, 9.17) is 4.98 Å². The number of benzene rings is 3. The molecule has 0 saturated carbocycles. The third-order valence-electron chi connectivity index (χ3n) is 8.25. The van der Waals surface area contributed by atoms with Gasteiger partial charge < -0.3 is 20.2 Å². The van der Waals surface area contributed by atoms with E-state index < -0.39 is 0 Å². The van der Waals surface area contributed by atoms with Crippen LogP contribution in [-0.2, 0) is 0 Å². The first-order valence-electron chi connectivity index (χ1n) is 13.3. The molecule has 0 aliphatic carbocycles. The number of hydrogen-bond donors (Lipinski definition) is 3. The first kappa shape index (κ1) is 22.9. The molecule has 7 heteroatoms. The molecule has 3 aromatic carbocycles. The summed E-state index contributed by atoms with van der Waals surface area (Å²) >= 11 is 0. The molecule has 3 aliphatic heterocycles. The zero-order valence-corrected chi connectivity index (χ0v) is 21.3. The van der Waals surface area contributed by atoms with Gasteiger partial charge in [-0.1, -0.05) is 42.5 Å². The molecular weight excluding hydrogens is 474 g/mol. The maximum atomic E-state index is 13.6. The molecule has 0 amide bonds. The van der Waals surface area contributed by atoms with Crippen molar-refractivity contribution in [3.63, 3.8) is 0 Å². The second-order valence-corrected chi connectivity index (χ2v) is 10.6. The van der Waals surface area contributed by atoms with E-state index in [9.17, 15) is 9.59 Å². The Balaban J connectivity index is 1.42. The molecule has 3 N–H and O–H groups in total. The normalized spacial score (nSPS) is 20.7. The number of fused-ring (bicyclic) bond motifs is 5. The lowest BCUT2D eigenvalue weighted by Gasteiger charge is -2.45. The summed E-state index contributed by atoms with van der Waals surface area (Å²) in [5, 5.41) is 4.79. The van der Waals surface area contributed by atoms with E-state index in [2.05, 4.69) is 26.3 Å². The molecule has 0 radical (unpaired) electrons. The highest BCUT2D eigenvalue weighted by atomic mass is 16.1. The number of aromatic amines is 2. The third-order valence-corrected chi connectivity index (χ3v) is 8.25. The molecular formula is C31H29N5O2. The number of anilines is 1. The average molecular weight is 504 g/mol. The van der Waals surface area contributed by atoms with Crippen LogP contribution in [0.15, 0.2) is 71.5 Å². The molecule has 0 spiro atoms. The van der Waals surface area contributed by atoms with Gasteiger partial charge in [-0.15, -0.1) is 0 Å². The number of piperidine rings is 3. The molecule has 3 saturated heterocycles. The number of carbonyl (C=O) groups is 1. The van der Waals surface area contributed by atoms with Crippen molar-refractivity contribution < 1.29 is 4.79 Å². The molecule has 0 unspecified atom stereocenters. The summed E-state index contributed by atoms with van der Waals surface area (Å²) < 4.78 is 0. The minimum atomic E-state index is -0.168. The lowest BCUT2D eigenvalue weighted by Crippen LogP contribution is -2.53. The van der Waals surface area contributed by atoms with Crippen molar-refractivity contribution in [3.8, 4) is 22.5 Å². The monoisotopic (exact) mass is 503 g/mol. The quantitative estimate of drug-likeness (QED) is 0.278. The second kappa shape index (κ2) is 8.96. The molecule has 38 heavy (non-hydrogen) atoms. The minimum Gasteiger partial charge on any atom is -0.379 e. The molecule has 1 atom stereocenters. The zero-order valence-electron chi connectivity index (χ0n) is 21.3. The number of imidazole rings is 1. The Hall–Kier alpha value is -4.23. The molecule has 190 valence electrons. The molecule has 2 bridgehead atoms. The van der Waals surface area contributed by atoms with Crippen LogP contribution in [-0.4, -0.2) is 51.3 Å². The predicted octanol–water partition coefficient (Wildman–Crippen LogP) is 5.45. The summed E-state index contributed by atoms with van der Waals surface area (Å²) in [4.78, 5) is 39.2. The van der Waals surface area contributed by atoms with Gasteiger partial charge in [-0.25, -0.2) is 4.98 Å². The van der Waals surface area contributed by atoms with Gasteiger partial charge in [0.15, 0.2) is 5.78 Å². The molecule has 2 aromatic heterocycles. The summed E-state index contributed by atoms with van der Waals surface area (Å²) in [6.45, 7) is 4.85. The van der Waals surface area contributed by atoms with E-state index in [0.29, 0.717) is 22.9 Å². The van der Waals surface area contributed by atoms with Gasteiger partial charge >= 0.3 is 0 Å². The Bertz CT molecular complexity index is 1710. The number of ketones is 1. The fraction of sp³-hybridized carbons (Fsp3) is 0.258. The number of hydrogen-bond acceptors (Lipinski definition) is 5. The maximum absolute atomic E-state index is 13.6. The van der Waals surface area contributed by atoms with E-state index in [1.807, 2.05) is 60.7 Å². The van der Waals surface area contributed by atoms with Gasteiger partial charge in [-0.05, 0) is 74.2 Å². The van der Waals surface area contributed by atoms with Crippen molar-refractivity contribution in [3.05, 3.63) is 82.6 Å². The van der Waals surface area contributed by atoms with Crippen molar-refractivity contribution in [2.45, 2.75) is 25.8 Å². The largest absolute Gasteiger partial charge is 0.379 e. The Labute approximate surface area is 219 Å². The van der Waals surface area contributed by atoms with Crippen molar-refractivity contribution in [1.82, 2.24) is 19.9 Å². The van der Waals surface area contributed by atoms with Gasteiger partial charge in [-0.3, -0.25) is 9.59 Å². The number of nitrogens with one attached hydrogen (secondary N) is 3. The van der Waals surface area contributed by atoms with E-state index in [0.717, 1.165) is 58.4 Å².